The van der Waals surface area contributed by atoms with Crippen molar-refractivity contribution < 1.29 is 14.6 Å². The van der Waals surface area contributed by atoms with Crippen molar-refractivity contribution in [3.05, 3.63) is 34.6 Å². The Kier molecular flexibility index (Phi) is 4.27. The largest absolute Gasteiger partial charge is 0.465 e. The molecule has 0 aliphatic heterocycles. The van der Waals surface area contributed by atoms with Crippen molar-refractivity contribution in [2.75, 3.05) is 13.7 Å². The standard InChI is InChI=1S/C10H10ClNO3/c1-15-10(14)8-5-7(3-2-4-13)6-12-9(8)11/h2-3,5-6,13H,4H2,1H3. The number of carbonyl (C=O) groups excluding carboxylic acids is 1. The van der Waals surface area contributed by atoms with Crippen molar-refractivity contribution in [2.45, 2.75) is 0 Å². The highest BCUT2D eigenvalue weighted by molar-refractivity contribution is 6.32. The predicted molar refractivity (Wildman–Crippen MR) is 56.7 cm³/mol. The lowest BCUT2D eigenvalue weighted by molar-refractivity contribution is 0.0600. The van der Waals surface area contributed by atoms with E-state index in [4.69, 9.17) is 16.7 Å². The van der Waals surface area contributed by atoms with E-state index in [1.807, 2.05) is 0 Å². The first-order valence-electron chi connectivity index (χ1n) is 4.20. The third-order valence-electron chi connectivity index (χ3n) is 1.68. The SMILES string of the molecule is COC(=O)c1cc(C=CCO)cnc1Cl. The number of aliphatic hydroxyl groups excluding tert-OH is 1. The molecule has 0 saturated heterocycles. The van der Waals surface area contributed by atoms with E-state index >= 15 is 0 Å². The molecule has 0 unspecified atom stereocenters. The molecule has 0 aliphatic carbocycles. The number of aliphatic hydroxyl groups is 1. The highest BCUT2D eigenvalue weighted by Gasteiger charge is 2.11. The number of ether oxygens (including phenoxy) is 1. The van der Waals surface area contributed by atoms with Crippen molar-refractivity contribution in [1.82, 2.24) is 4.98 Å². The highest BCUT2D eigenvalue weighted by atomic mass is 35.5. The normalized spacial score (nSPS) is 10.6. The Balaban J connectivity index is 3.05. The monoisotopic (exact) mass is 227 g/mol. The lowest BCUT2D eigenvalue weighted by atomic mass is 10.2. The molecule has 1 rings (SSSR count). The van der Waals surface area contributed by atoms with E-state index in [2.05, 4.69) is 9.72 Å². The summed E-state index contributed by atoms with van der Waals surface area (Å²) >= 11 is 5.72. The second-order valence-corrected chi connectivity index (χ2v) is 3.04. The van der Waals surface area contributed by atoms with Crippen molar-refractivity contribution >= 4 is 23.6 Å². The number of pyridine rings is 1. The Morgan fingerprint density at radius 1 is 1.73 bits per heavy atom. The number of aromatic nitrogens is 1. The summed E-state index contributed by atoms with van der Waals surface area (Å²) in [6, 6.07) is 1.55. The molecular weight excluding hydrogens is 218 g/mol. The van der Waals surface area contributed by atoms with Gasteiger partial charge in [-0.05, 0) is 11.6 Å². The van der Waals surface area contributed by atoms with Crippen LogP contribution >= 0.6 is 11.6 Å². The molecule has 5 heteroatoms. The molecule has 1 heterocycles. The van der Waals surface area contributed by atoms with Crippen LogP contribution in [0.3, 0.4) is 0 Å². The fraction of sp³-hybridized carbons (Fsp3) is 0.200. The van der Waals surface area contributed by atoms with E-state index in [0.29, 0.717) is 5.56 Å². The first-order valence-corrected chi connectivity index (χ1v) is 4.58. The molecule has 0 aromatic carbocycles. The summed E-state index contributed by atoms with van der Waals surface area (Å²) in [5.41, 5.74) is 0.883. The summed E-state index contributed by atoms with van der Waals surface area (Å²) in [6.07, 6.45) is 4.67. The van der Waals surface area contributed by atoms with Crippen LogP contribution in [-0.2, 0) is 4.74 Å². The maximum atomic E-state index is 11.2. The Hall–Kier alpha value is -1.39. The summed E-state index contributed by atoms with van der Waals surface area (Å²) in [7, 11) is 1.27. The second-order valence-electron chi connectivity index (χ2n) is 2.68. The molecule has 0 radical (unpaired) electrons. The maximum absolute atomic E-state index is 11.2. The average molecular weight is 228 g/mol. The van der Waals surface area contributed by atoms with Crippen LogP contribution in [0.1, 0.15) is 15.9 Å². The van der Waals surface area contributed by atoms with E-state index in [9.17, 15) is 4.79 Å². The van der Waals surface area contributed by atoms with Crippen LogP contribution in [0.4, 0.5) is 0 Å². The zero-order chi connectivity index (χ0) is 11.3. The van der Waals surface area contributed by atoms with Crippen LogP contribution in [0.25, 0.3) is 6.08 Å². The van der Waals surface area contributed by atoms with Gasteiger partial charge in [0.05, 0.1) is 19.3 Å². The molecule has 0 aliphatic rings. The number of hydrogen-bond acceptors (Lipinski definition) is 4. The van der Waals surface area contributed by atoms with Gasteiger partial charge in [0, 0.05) is 6.20 Å². The molecule has 0 spiro atoms. The molecule has 0 bridgehead atoms. The molecule has 80 valence electrons. The summed E-state index contributed by atoms with van der Waals surface area (Å²) in [5, 5.41) is 8.68. The number of nitrogens with zero attached hydrogens (tertiary/aromatic N) is 1. The van der Waals surface area contributed by atoms with Crippen LogP contribution in [0, 0.1) is 0 Å². The maximum Gasteiger partial charge on any atom is 0.341 e. The predicted octanol–water partition coefficient (Wildman–Crippen LogP) is 1.53. The van der Waals surface area contributed by atoms with Crippen LogP contribution in [-0.4, -0.2) is 29.8 Å². The molecule has 4 nitrogen and oxygen atoms in total. The minimum absolute atomic E-state index is 0.0732. The van der Waals surface area contributed by atoms with Crippen LogP contribution in [0.5, 0.6) is 0 Å². The number of esters is 1. The van der Waals surface area contributed by atoms with Gasteiger partial charge in [-0.2, -0.15) is 0 Å². The van der Waals surface area contributed by atoms with Crippen LogP contribution in [0.15, 0.2) is 18.3 Å². The number of methoxy groups -OCH3 is 1. The zero-order valence-corrected chi connectivity index (χ0v) is 8.86. The van der Waals surface area contributed by atoms with Crippen LogP contribution in [0.2, 0.25) is 5.15 Å². The van der Waals surface area contributed by atoms with Gasteiger partial charge < -0.3 is 9.84 Å². The quantitative estimate of drug-likeness (QED) is 0.629. The Bertz CT molecular complexity index is 390. The summed E-state index contributed by atoms with van der Waals surface area (Å²) in [6.45, 7) is -0.0732. The lowest BCUT2D eigenvalue weighted by Crippen LogP contribution is -2.03. The molecule has 0 saturated carbocycles. The summed E-state index contributed by atoms with van der Waals surface area (Å²) < 4.78 is 4.54. The zero-order valence-electron chi connectivity index (χ0n) is 8.11. The molecular formula is C10H10ClNO3. The van der Waals surface area contributed by atoms with Gasteiger partial charge in [0.2, 0.25) is 0 Å². The molecule has 1 aromatic rings. The summed E-state index contributed by atoms with van der Waals surface area (Å²) in [5.74, 6) is -0.535. The minimum Gasteiger partial charge on any atom is -0.465 e. The van der Waals surface area contributed by atoms with Crippen molar-refractivity contribution in [1.29, 1.82) is 0 Å². The van der Waals surface area contributed by atoms with Gasteiger partial charge in [0.25, 0.3) is 0 Å². The first-order chi connectivity index (χ1) is 7.19. The number of carbonyl (C=O) groups is 1. The average Bonchev–Trinajstić information content (AvgIpc) is 2.27. The highest BCUT2D eigenvalue weighted by Crippen LogP contribution is 2.16. The van der Waals surface area contributed by atoms with Gasteiger partial charge >= 0.3 is 5.97 Å². The van der Waals surface area contributed by atoms with E-state index in [0.717, 1.165) is 0 Å². The molecule has 1 aromatic heterocycles. The van der Waals surface area contributed by atoms with Gasteiger partial charge in [-0.25, -0.2) is 9.78 Å². The number of rotatable bonds is 3. The van der Waals surface area contributed by atoms with Crippen LogP contribution < -0.4 is 0 Å². The second kappa shape index (κ2) is 5.48. The van der Waals surface area contributed by atoms with E-state index < -0.39 is 5.97 Å². The Labute approximate surface area is 92.2 Å². The molecule has 0 atom stereocenters. The van der Waals surface area contributed by atoms with Gasteiger partial charge in [-0.1, -0.05) is 23.8 Å². The van der Waals surface area contributed by atoms with Gasteiger partial charge in [-0.15, -0.1) is 0 Å². The fourth-order valence-corrected chi connectivity index (χ4v) is 1.18. The minimum atomic E-state index is -0.535. The third-order valence-corrected chi connectivity index (χ3v) is 1.98. The molecule has 0 fully saturated rings. The molecule has 15 heavy (non-hydrogen) atoms. The van der Waals surface area contributed by atoms with E-state index in [1.165, 1.54) is 19.4 Å². The molecule has 1 N–H and O–H groups in total. The van der Waals surface area contributed by atoms with Crippen molar-refractivity contribution in [3.8, 4) is 0 Å². The fourth-order valence-electron chi connectivity index (χ4n) is 0.997. The third kappa shape index (κ3) is 3.04. The first kappa shape index (κ1) is 11.7. The Morgan fingerprint density at radius 3 is 3.07 bits per heavy atom. The van der Waals surface area contributed by atoms with Crippen molar-refractivity contribution in [2.24, 2.45) is 0 Å². The van der Waals surface area contributed by atoms with Gasteiger partial charge in [0.1, 0.15) is 5.15 Å². The van der Waals surface area contributed by atoms with Gasteiger partial charge in [-0.3, -0.25) is 0 Å². The smallest absolute Gasteiger partial charge is 0.341 e. The molecule has 0 amide bonds. The number of halogens is 1. The Morgan fingerprint density at radius 2 is 2.47 bits per heavy atom. The lowest BCUT2D eigenvalue weighted by Gasteiger charge is -2.02. The van der Waals surface area contributed by atoms with Crippen molar-refractivity contribution in [3.63, 3.8) is 0 Å². The summed E-state index contributed by atoms with van der Waals surface area (Å²) in [4.78, 5) is 15.1. The van der Waals surface area contributed by atoms with Gasteiger partial charge in [0.15, 0.2) is 0 Å². The van der Waals surface area contributed by atoms with E-state index in [-0.39, 0.29) is 17.3 Å². The topological polar surface area (TPSA) is 59.4 Å². The van der Waals surface area contributed by atoms with E-state index in [1.54, 1.807) is 12.1 Å². The number of hydrogen-bond donors (Lipinski definition) is 1.